The second kappa shape index (κ2) is 12.4. The third-order valence-corrected chi connectivity index (χ3v) is 7.01. The Morgan fingerprint density at radius 2 is 1.62 bits per heavy atom. The standard InChI is InChI=1S/C25H34BrN3O4S/c1-6-23(25(31)27-15-18(2)3)28(16-20-9-7-19(4)8-10-20)24(30)17-29(34(5,32)33)22-13-11-21(26)12-14-22/h7-14,18,23H,6,15-17H2,1-5H3,(H,27,31)/t23-/m1/s1. The fourth-order valence-corrected chi connectivity index (χ4v) is 4.57. The topological polar surface area (TPSA) is 86.8 Å². The number of halogens is 1. The minimum Gasteiger partial charge on any atom is -0.354 e. The third kappa shape index (κ3) is 8.13. The molecule has 0 spiro atoms. The molecule has 7 nitrogen and oxygen atoms in total. The first kappa shape index (κ1) is 27.9. The fourth-order valence-electron chi connectivity index (χ4n) is 3.45. The van der Waals surface area contributed by atoms with E-state index in [0.29, 0.717) is 18.7 Å². The summed E-state index contributed by atoms with van der Waals surface area (Å²) in [5.74, 6) is -0.424. The van der Waals surface area contributed by atoms with Gasteiger partial charge in [0.2, 0.25) is 21.8 Å². The van der Waals surface area contributed by atoms with Gasteiger partial charge in [0.05, 0.1) is 11.9 Å². The summed E-state index contributed by atoms with van der Waals surface area (Å²) in [6.07, 6.45) is 1.47. The van der Waals surface area contributed by atoms with Gasteiger partial charge in [0.25, 0.3) is 0 Å². The van der Waals surface area contributed by atoms with Crippen molar-refractivity contribution in [2.24, 2.45) is 5.92 Å². The number of benzene rings is 2. The van der Waals surface area contributed by atoms with E-state index in [0.717, 1.165) is 26.2 Å². The molecule has 0 fully saturated rings. The SMILES string of the molecule is CC[C@H](C(=O)NCC(C)C)N(Cc1ccc(C)cc1)C(=O)CN(c1ccc(Br)cc1)S(C)(=O)=O. The predicted octanol–water partition coefficient (Wildman–Crippen LogP) is 4.10. The van der Waals surface area contributed by atoms with Crippen LogP contribution in [0.1, 0.15) is 38.3 Å². The Morgan fingerprint density at radius 3 is 2.12 bits per heavy atom. The molecule has 2 aromatic carbocycles. The molecule has 1 N–H and O–H groups in total. The van der Waals surface area contributed by atoms with Crippen molar-refractivity contribution in [3.8, 4) is 0 Å². The number of nitrogens with one attached hydrogen (secondary N) is 1. The molecule has 9 heteroatoms. The molecule has 2 amide bonds. The van der Waals surface area contributed by atoms with Gasteiger partial charge in [-0.05, 0) is 49.1 Å². The lowest BCUT2D eigenvalue weighted by Crippen LogP contribution is -2.52. The molecule has 2 rings (SSSR count). The van der Waals surface area contributed by atoms with Gasteiger partial charge >= 0.3 is 0 Å². The third-order valence-electron chi connectivity index (χ3n) is 5.34. The molecule has 0 radical (unpaired) electrons. The highest BCUT2D eigenvalue weighted by Gasteiger charge is 2.31. The molecule has 1 atom stereocenters. The summed E-state index contributed by atoms with van der Waals surface area (Å²) in [6, 6.07) is 13.7. The number of amides is 2. The van der Waals surface area contributed by atoms with Gasteiger partial charge in [0, 0.05) is 17.6 Å². The van der Waals surface area contributed by atoms with Gasteiger partial charge in [-0.2, -0.15) is 0 Å². The normalized spacial score (nSPS) is 12.3. The summed E-state index contributed by atoms with van der Waals surface area (Å²) < 4.78 is 27.0. The van der Waals surface area contributed by atoms with Crippen molar-refractivity contribution < 1.29 is 18.0 Å². The molecule has 0 heterocycles. The van der Waals surface area contributed by atoms with Crippen LogP contribution in [0.25, 0.3) is 0 Å². The molecule has 0 aliphatic rings. The lowest BCUT2D eigenvalue weighted by atomic mass is 10.1. The van der Waals surface area contributed by atoms with Crippen molar-refractivity contribution in [3.05, 3.63) is 64.1 Å². The quantitative estimate of drug-likeness (QED) is 0.455. The summed E-state index contributed by atoms with van der Waals surface area (Å²) in [5, 5.41) is 2.91. The van der Waals surface area contributed by atoms with Crippen LogP contribution < -0.4 is 9.62 Å². The zero-order valence-electron chi connectivity index (χ0n) is 20.4. The first-order chi connectivity index (χ1) is 15.9. The van der Waals surface area contributed by atoms with Gasteiger partial charge in [-0.25, -0.2) is 8.42 Å². The van der Waals surface area contributed by atoms with Crippen molar-refractivity contribution in [1.29, 1.82) is 0 Å². The number of aryl methyl sites for hydroxylation is 1. The molecule has 0 bridgehead atoms. The number of hydrogen-bond donors (Lipinski definition) is 1. The number of sulfonamides is 1. The molecule has 0 aromatic heterocycles. The largest absolute Gasteiger partial charge is 0.354 e. The zero-order chi connectivity index (χ0) is 25.5. The van der Waals surface area contributed by atoms with E-state index in [9.17, 15) is 18.0 Å². The average Bonchev–Trinajstić information content (AvgIpc) is 2.77. The van der Waals surface area contributed by atoms with E-state index in [1.54, 1.807) is 24.3 Å². The van der Waals surface area contributed by atoms with Gasteiger partial charge in [0.1, 0.15) is 12.6 Å². The summed E-state index contributed by atoms with van der Waals surface area (Å²) in [6.45, 7) is 8.11. The van der Waals surface area contributed by atoms with Crippen LogP contribution in [0, 0.1) is 12.8 Å². The van der Waals surface area contributed by atoms with Crippen molar-refractivity contribution >= 4 is 43.5 Å². The maximum atomic E-state index is 13.6. The summed E-state index contributed by atoms with van der Waals surface area (Å²) in [7, 11) is -3.74. The minimum atomic E-state index is -3.74. The van der Waals surface area contributed by atoms with Gasteiger partial charge in [-0.3, -0.25) is 13.9 Å². The number of carbonyl (C=O) groups is 2. The smallest absolute Gasteiger partial charge is 0.244 e. The second-order valence-electron chi connectivity index (χ2n) is 8.82. The Hall–Kier alpha value is -2.39. The van der Waals surface area contributed by atoms with Gasteiger partial charge in [-0.1, -0.05) is 66.5 Å². The van der Waals surface area contributed by atoms with E-state index in [2.05, 4.69) is 21.2 Å². The van der Waals surface area contributed by atoms with Crippen molar-refractivity contribution in [2.45, 2.75) is 46.7 Å². The first-order valence-electron chi connectivity index (χ1n) is 11.3. The lowest BCUT2D eigenvalue weighted by molar-refractivity contribution is -0.140. The monoisotopic (exact) mass is 551 g/mol. The summed E-state index contributed by atoms with van der Waals surface area (Å²) in [4.78, 5) is 28.1. The van der Waals surface area contributed by atoms with Crippen LogP contribution in [0.4, 0.5) is 5.69 Å². The van der Waals surface area contributed by atoms with Crippen molar-refractivity contribution in [3.63, 3.8) is 0 Å². The van der Waals surface area contributed by atoms with E-state index in [1.165, 1.54) is 4.90 Å². The Balaban J connectivity index is 2.39. The van der Waals surface area contributed by atoms with E-state index in [4.69, 9.17) is 0 Å². The maximum absolute atomic E-state index is 13.6. The molecule has 0 unspecified atom stereocenters. The molecular formula is C25H34BrN3O4S. The van der Waals surface area contributed by atoms with E-state index in [1.807, 2.05) is 52.0 Å². The fraction of sp³-hybridized carbons (Fsp3) is 0.440. The Morgan fingerprint density at radius 1 is 1.03 bits per heavy atom. The molecule has 0 aliphatic heterocycles. The first-order valence-corrected chi connectivity index (χ1v) is 13.9. The van der Waals surface area contributed by atoms with Crippen LogP contribution in [0.2, 0.25) is 0 Å². The van der Waals surface area contributed by atoms with Gasteiger partial charge in [-0.15, -0.1) is 0 Å². The Labute approximate surface area is 211 Å². The van der Waals surface area contributed by atoms with Crippen LogP contribution in [0.5, 0.6) is 0 Å². The highest BCUT2D eigenvalue weighted by molar-refractivity contribution is 9.10. The Bertz CT molecular complexity index is 1070. The summed E-state index contributed by atoms with van der Waals surface area (Å²) in [5.41, 5.74) is 2.33. The van der Waals surface area contributed by atoms with Crippen LogP contribution in [-0.4, -0.2) is 50.5 Å². The van der Waals surface area contributed by atoms with Gasteiger partial charge < -0.3 is 10.2 Å². The molecule has 186 valence electrons. The molecular weight excluding hydrogens is 518 g/mol. The molecule has 0 saturated heterocycles. The Kier molecular flexibility index (Phi) is 10.1. The van der Waals surface area contributed by atoms with Crippen LogP contribution >= 0.6 is 15.9 Å². The van der Waals surface area contributed by atoms with E-state index in [-0.39, 0.29) is 18.4 Å². The minimum absolute atomic E-state index is 0.199. The molecule has 0 aliphatic carbocycles. The summed E-state index contributed by atoms with van der Waals surface area (Å²) >= 11 is 3.34. The number of carbonyl (C=O) groups excluding carboxylic acids is 2. The van der Waals surface area contributed by atoms with E-state index < -0.39 is 28.5 Å². The number of nitrogens with zero attached hydrogens (tertiary/aromatic N) is 2. The maximum Gasteiger partial charge on any atom is 0.244 e. The highest BCUT2D eigenvalue weighted by Crippen LogP contribution is 2.22. The van der Waals surface area contributed by atoms with Crippen molar-refractivity contribution in [2.75, 3.05) is 23.7 Å². The zero-order valence-corrected chi connectivity index (χ0v) is 22.8. The molecule has 2 aromatic rings. The number of hydrogen-bond acceptors (Lipinski definition) is 4. The number of anilines is 1. The average molecular weight is 553 g/mol. The van der Waals surface area contributed by atoms with E-state index >= 15 is 0 Å². The predicted molar refractivity (Wildman–Crippen MR) is 140 cm³/mol. The number of rotatable bonds is 11. The van der Waals surface area contributed by atoms with Crippen LogP contribution in [-0.2, 0) is 26.2 Å². The molecule has 0 saturated carbocycles. The van der Waals surface area contributed by atoms with Crippen LogP contribution in [0.15, 0.2) is 53.0 Å². The van der Waals surface area contributed by atoms with Gasteiger partial charge in [0.15, 0.2) is 0 Å². The van der Waals surface area contributed by atoms with Crippen molar-refractivity contribution in [1.82, 2.24) is 10.2 Å². The second-order valence-corrected chi connectivity index (χ2v) is 11.6. The van der Waals surface area contributed by atoms with Crippen LogP contribution in [0.3, 0.4) is 0 Å². The highest BCUT2D eigenvalue weighted by atomic mass is 79.9. The lowest BCUT2D eigenvalue weighted by Gasteiger charge is -2.33. The molecule has 34 heavy (non-hydrogen) atoms.